The van der Waals surface area contributed by atoms with E-state index in [1.807, 2.05) is 0 Å². The molecule has 126 valence electrons. The highest BCUT2D eigenvalue weighted by atomic mass is 32.2. The molecule has 0 aromatic heterocycles. The summed E-state index contributed by atoms with van der Waals surface area (Å²) < 4.78 is 53.9. The predicted octanol–water partition coefficient (Wildman–Crippen LogP) is 2.05. The Morgan fingerprint density at radius 1 is 1.08 bits per heavy atom. The van der Waals surface area contributed by atoms with Crippen molar-refractivity contribution >= 4 is 21.6 Å². The maximum absolute atomic E-state index is 13.7. The fraction of sp³-hybridized carbons (Fsp3) is 0.188. The lowest BCUT2D eigenvalue weighted by Crippen LogP contribution is -2.37. The quantitative estimate of drug-likeness (QED) is 0.916. The van der Waals surface area contributed by atoms with E-state index in [1.165, 1.54) is 35.2 Å². The zero-order valence-corrected chi connectivity index (χ0v) is 13.3. The normalized spacial score (nSPS) is 18.2. The van der Waals surface area contributed by atoms with E-state index in [0.29, 0.717) is 5.69 Å². The van der Waals surface area contributed by atoms with Crippen molar-refractivity contribution in [2.24, 2.45) is 0 Å². The van der Waals surface area contributed by atoms with Gasteiger partial charge in [-0.15, -0.1) is 0 Å². The molecule has 0 aliphatic carbocycles. The van der Waals surface area contributed by atoms with Crippen LogP contribution in [-0.4, -0.2) is 26.9 Å². The maximum Gasteiger partial charge on any atom is 0.243 e. The minimum Gasteiger partial charge on any atom is -0.311 e. The van der Waals surface area contributed by atoms with Gasteiger partial charge in [-0.1, -0.05) is 18.2 Å². The third-order valence-electron chi connectivity index (χ3n) is 3.69. The number of hydrogen-bond acceptors (Lipinski definition) is 3. The summed E-state index contributed by atoms with van der Waals surface area (Å²) in [5, 5.41) is 0. The molecule has 0 saturated carbocycles. The van der Waals surface area contributed by atoms with Gasteiger partial charge in [0.2, 0.25) is 15.9 Å². The van der Waals surface area contributed by atoms with E-state index in [1.54, 1.807) is 6.07 Å². The smallest absolute Gasteiger partial charge is 0.243 e. The van der Waals surface area contributed by atoms with Crippen LogP contribution in [-0.2, 0) is 14.8 Å². The molecule has 2 aromatic carbocycles. The van der Waals surface area contributed by atoms with Gasteiger partial charge in [0.05, 0.1) is 0 Å². The molecule has 1 saturated heterocycles. The number of carbonyl (C=O) groups is 1. The number of sulfonamides is 1. The number of amides is 1. The molecule has 1 aliphatic heterocycles. The van der Waals surface area contributed by atoms with E-state index in [9.17, 15) is 22.0 Å². The van der Waals surface area contributed by atoms with Crippen LogP contribution in [0.2, 0.25) is 0 Å². The lowest BCUT2D eigenvalue weighted by molar-refractivity contribution is -0.117. The van der Waals surface area contributed by atoms with Crippen LogP contribution in [0.1, 0.15) is 6.42 Å². The Bertz CT molecular complexity index is 886. The third kappa shape index (κ3) is 3.29. The van der Waals surface area contributed by atoms with Crippen LogP contribution in [0.4, 0.5) is 14.5 Å². The molecule has 24 heavy (non-hydrogen) atoms. The number of carbonyl (C=O) groups excluding carboxylic acids is 1. The molecule has 8 heteroatoms. The largest absolute Gasteiger partial charge is 0.311 e. The van der Waals surface area contributed by atoms with Gasteiger partial charge in [0.1, 0.15) is 16.5 Å². The SMILES string of the molecule is O=C1CC(NS(=O)(=O)c2ccccc2F)CN1c1cccc(F)c1. The molecule has 2 aromatic rings. The van der Waals surface area contributed by atoms with Gasteiger partial charge in [-0.25, -0.2) is 21.9 Å². The van der Waals surface area contributed by atoms with Gasteiger partial charge in [0, 0.05) is 24.7 Å². The first kappa shape index (κ1) is 16.5. The van der Waals surface area contributed by atoms with Crippen molar-refractivity contribution in [3.63, 3.8) is 0 Å². The number of hydrogen-bond donors (Lipinski definition) is 1. The lowest BCUT2D eigenvalue weighted by atomic mass is 10.3. The number of benzene rings is 2. The van der Waals surface area contributed by atoms with E-state index in [4.69, 9.17) is 0 Å². The van der Waals surface area contributed by atoms with E-state index >= 15 is 0 Å². The molecule has 1 atom stereocenters. The van der Waals surface area contributed by atoms with Gasteiger partial charge in [0.15, 0.2) is 0 Å². The molecule has 3 rings (SSSR count). The summed E-state index contributed by atoms with van der Waals surface area (Å²) >= 11 is 0. The van der Waals surface area contributed by atoms with Crippen molar-refractivity contribution < 1.29 is 22.0 Å². The molecule has 1 unspecified atom stereocenters. The minimum absolute atomic E-state index is 0.0516. The molecule has 0 spiro atoms. The molecule has 5 nitrogen and oxygen atoms in total. The second kappa shape index (κ2) is 6.29. The van der Waals surface area contributed by atoms with Crippen LogP contribution >= 0.6 is 0 Å². The van der Waals surface area contributed by atoms with Crippen molar-refractivity contribution in [1.29, 1.82) is 0 Å². The Labute approximate surface area is 138 Å². The second-order valence-electron chi connectivity index (χ2n) is 5.44. The van der Waals surface area contributed by atoms with E-state index in [-0.39, 0.29) is 18.9 Å². The summed E-state index contributed by atoms with van der Waals surface area (Å²) in [5.41, 5.74) is 0.354. The average Bonchev–Trinajstić information content (AvgIpc) is 2.87. The number of nitrogens with zero attached hydrogens (tertiary/aromatic N) is 1. The van der Waals surface area contributed by atoms with Gasteiger partial charge < -0.3 is 4.90 Å². The highest BCUT2D eigenvalue weighted by molar-refractivity contribution is 7.89. The molecule has 1 N–H and O–H groups in total. The Kier molecular flexibility index (Phi) is 4.33. The lowest BCUT2D eigenvalue weighted by Gasteiger charge is -2.17. The second-order valence-corrected chi connectivity index (χ2v) is 7.12. The van der Waals surface area contributed by atoms with Crippen molar-refractivity contribution in [3.05, 3.63) is 60.2 Å². The summed E-state index contributed by atoms with van der Waals surface area (Å²) in [6, 6.07) is 9.77. The van der Waals surface area contributed by atoms with Crippen molar-refractivity contribution in [3.8, 4) is 0 Å². The van der Waals surface area contributed by atoms with Crippen LogP contribution in [0.3, 0.4) is 0 Å². The van der Waals surface area contributed by atoms with Gasteiger partial charge in [-0.3, -0.25) is 4.79 Å². The first-order valence-corrected chi connectivity index (χ1v) is 8.68. The summed E-state index contributed by atoms with van der Waals surface area (Å²) in [4.78, 5) is 12.9. The number of halogens is 2. The molecular weight excluding hydrogens is 338 g/mol. The van der Waals surface area contributed by atoms with E-state index in [2.05, 4.69) is 4.72 Å². The number of nitrogens with one attached hydrogen (secondary N) is 1. The van der Waals surface area contributed by atoms with Crippen LogP contribution in [0.15, 0.2) is 53.4 Å². The Morgan fingerprint density at radius 2 is 1.83 bits per heavy atom. The molecule has 0 radical (unpaired) electrons. The average molecular weight is 352 g/mol. The summed E-state index contributed by atoms with van der Waals surface area (Å²) in [6.45, 7) is 0.0516. The van der Waals surface area contributed by atoms with Crippen molar-refractivity contribution in [2.75, 3.05) is 11.4 Å². The van der Waals surface area contributed by atoms with Gasteiger partial charge in [-0.05, 0) is 30.3 Å². The van der Waals surface area contributed by atoms with Crippen LogP contribution in [0, 0.1) is 11.6 Å². The van der Waals surface area contributed by atoms with Gasteiger partial charge in [-0.2, -0.15) is 0 Å². The molecular formula is C16H14F2N2O3S. The highest BCUT2D eigenvalue weighted by Gasteiger charge is 2.34. The third-order valence-corrected chi connectivity index (χ3v) is 5.25. The minimum atomic E-state index is -4.09. The summed E-state index contributed by atoms with van der Waals surface area (Å²) in [5.74, 6) is -1.69. The fourth-order valence-corrected chi connectivity index (χ4v) is 3.93. The van der Waals surface area contributed by atoms with Crippen molar-refractivity contribution in [1.82, 2.24) is 4.72 Å². The standard InChI is InChI=1S/C16H14F2N2O3S/c17-11-4-3-5-13(8-11)20-10-12(9-16(20)21)19-24(22,23)15-7-2-1-6-14(15)18/h1-8,12,19H,9-10H2. The number of anilines is 1. The first-order valence-electron chi connectivity index (χ1n) is 7.19. The van der Waals surface area contributed by atoms with Crippen LogP contribution in [0.25, 0.3) is 0 Å². The van der Waals surface area contributed by atoms with Gasteiger partial charge in [0.25, 0.3) is 0 Å². The van der Waals surface area contributed by atoms with E-state index < -0.39 is 32.6 Å². The predicted molar refractivity (Wildman–Crippen MR) is 83.9 cm³/mol. The maximum atomic E-state index is 13.7. The Morgan fingerprint density at radius 3 is 2.54 bits per heavy atom. The van der Waals surface area contributed by atoms with Crippen LogP contribution < -0.4 is 9.62 Å². The summed E-state index contributed by atoms with van der Waals surface area (Å²) in [7, 11) is -4.09. The molecule has 0 bridgehead atoms. The zero-order chi connectivity index (χ0) is 17.3. The monoisotopic (exact) mass is 352 g/mol. The Hall–Kier alpha value is -2.32. The first-order chi connectivity index (χ1) is 11.4. The molecule has 1 aliphatic rings. The summed E-state index contributed by atoms with van der Waals surface area (Å²) in [6.07, 6.45) is -0.0792. The molecule has 1 amide bonds. The number of rotatable bonds is 4. The molecule has 1 fully saturated rings. The topological polar surface area (TPSA) is 66.5 Å². The van der Waals surface area contributed by atoms with Crippen LogP contribution in [0.5, 0.6) is 0 Å². The fourth-order valence-electron chi connectivity index (χ4n) is 2.63. The van der Waals surface area contributed by atoms with Crippen molar-refractivity contribution in [2.45, 2.75) is 17.4 Å². The molecule has 1 heterocycles. The van der Waals surface area contributed by atoms with E-state index in [0.717, 1.165) is 12.1 Å². The highest BCUT2D eigenvalue weighted by Crippen LogP contribution is 2.23. The zero-order valence-electron chi connectivity index (χ0n) is 12.4. The van der Waals surface area contributed by atoms with Gasteiger partial charge >= 0.3 is 0 Å². The Balaban J connectivity index is 1.78.